The number of hydrogen-bond donors (Lipinski definition) is 0. The highest BCUT2D eigenvalue weighted by molar-refractivity contribution is 9.10. The van der Waals surface area contributed by atoms with Gasteiger partial charge in [-0.25, -0.2) is 0 Å². The molecule has 1 aliphatic heterocycles. The summed E-state index contributed by atoms with van der Waals surface area (Å²) in [5, 5.41) is 4.65. The quantitative estimate of drug-likeness (QED) is 0.393. The predicted octanol–water partition coefficient (Wildman–Crippen LogP) is 6.89. The van der Waals surface area contributed by atoms with Crippen LogP contribution >= 0.6 is 39.1 Å². The molecule has 1 unspecified atom stereocenters. The van der Waals surface area contributed by atoms with E-state index in [0.29, 0.717) is 16.5 Å². The Bertz CT molecular complexity index is 1100. The fraction of sp³-hybridized carbons (Fsp3) is 0.158. The van der Waals surface area contributed by atoms with Crippen LogP contribution in [-0.4, -0.2) is 16.9 Å². The Kier molecular flexibility index (Phi) is 4.80. The lowest BCUT2D eigenvalue weighted by atomic mass is 9.86. The van der Waals surface area contributed by atoms with Crippen LogP contribution in [0.25, 0.3) is 10.9 Å². The van der Waals surface area contributed by atoms with Crippen molar-refractivity contribution in [3.05, 3.63) is 74.3 Å². The molecule has 3 nitrogen and oxygen atoms in total. The van der Waals surface area contributed by atoms with Crippen LogP contribution in [0.3, 0.4) is 0 Å². The van der Waals surface area contributed by atoms with Crippen molar-refractivity contribution in [2.24, 2.45) is 5.16 Å². The van der Waals surface area contributed by atoms with Crippen molar-refractivity contribution in [1.82, 2.24) is 4.98 Å². The van der Waals surface area contributed by atoms with Crippen LogP contribution in [0.2, 0.25) is 10.0 Å². The van der Waals surface area contributed by atoms with Gasteiger partial charge in [0.2, 0.25) is 0 Å². The Morgan fingerprint density at radius 1 is 1.07 bits per heavy atom. The Balaban J connectivity index is 1.84. The number of oxime groups is 1. The smallest absolute Gasteiger partial charge is 0.374 e. The van der Waals surface area contributed by atoms with E-state index in [9.17, 15) is 13.2 Å². The Hall–Kier alpha value is -1.83. The molecule has 1 atom stereocenters. The van der Waals surface area contributed by atoms with Crippen molar-refractivity contribution >= 4 is 55.7 Å². The van der Waals surface area contributed by atoms with Gasteiger partial charge in [-0.1, -0.05) is 40.5 Å². The molecule has 1 aliphatic rings. The molecule has 0 amide bonds. The first kappa shape index (κ1) is 19.5. The molecule has 0 aliphatic carbocycles. The zero-order chi connectivity index (χ0) is 20.1. The van der Waals surface area contributed by atoms with Crippen molar-refractivity contribution < 1.29 is 18.0 Å². The van der Waals surface area contributed by atoms with E-state index in [1.165, 1.54) is 18.2 Å². The minimum Gasteiger partial charge on any atom is -0.374 e. The highest BCUT2D eigenvalue weighted by atomic mass is 79.9. The zero-order valence-electron chi connectivity index (χ0n) is 13.9. The number of rotatable bonds is 2. The topological polar surface area (TPSA) is 34.5 Å². The summed E-state index contributed by atoms with van der Waals surface area (Å²) in [6, 6.07) is 10.6. The van der Waals surface area contributed by atoms with Crippen molar-refractivity contribution in [3.63, 3.8) is 0 Å². The molecule has 0 saturated carbocycles. The van der Waals surface area contributed by atoms with Gasteiger partial charge in [0.05, 0.1) is 11.2 Å². The van der Waals surface area contributed by atoms with Gasteiger partial charge < -0.3 is 4.84 Å². The maximum absolute atomic E-state index is 14.1. The molecule has 0 fully saturated rings. The first-order valence-electron chi connectivity index (χ1n) is 8.03. The molecule has 0 saturated heterocycles. The monoisotopic (exact) mass is 488 g/mol. The molecular formula is C19H10BrCl2F3N2O. The summed E-state index contributed by atoms with van der Waals surface area (Å²) in [4.78, 5) is 9.34. The fourth-order valence-corrected chi connectivity index (χ4v) is 4.20. The molecule has 0 bridgehead atoms. The maximum atomic E-state index is 14.1. The van der Waals surface area contributed by atoms with E-state index in [1.54, 1.807) is 30.5 Å². The lowest BCUT2D eigenvalue weighted by molar-refractivity contribution is -0.275. The number of nitrogens with zero attached hydrogens (tertiary/aromatic N) is 2. The van der Waals surface area contributed by atoms with E-state index in [0.717, 1.165) is 4.47 Å². The first-order chi connectivity index (χ1) is 13.2. The van der Waals surface area contributed by atoms with Crippen LogP contribution in [-0.2, 0) is 10.4 Å². The lowest BCUT2D eigenvalue weighted by Crippen LogP contribution is -2.42. The molecule has 0 radical (unpaired) electrons. The first-order valence-corrected chi connectivity index (χ1v) is 9.58. The zero-order valence-corrected chi connectivity index (χ0v) is 17.0. The van der Waals surface area contributed by atoms with Crippen LogP contribution in [0.5, 0.6) is 0 Å². The number of fused-ring (bicyclic) bond motifs is 1. The molecule has 0 spiro atoms. The SMILES string of the molecule is FC(F)(F)C1(c2cc(Cl)cc(Cl)c2)CC(c2ccc(Br)c3ncccc23)=NO1. The van der Waals surface area contributed by atoms with Crippen LogP contribution in [0.4, 0.5) is 13.2 Å². The van der Waals surface area contributed by atoms with Gasteiger partial charge in [0, 0.05) is 43.6 Å². The summed E-state index contributed by atoms with van der Waals surface area (Å²) in [5.41, 5.74) is -1.56. The van der Waals surface area contributed by atoms with Crippen LogP contribution < -0.4 is 0 Å². The minimum atomic E-state index is -4.74. The number of pyridine rings is 1. The number of benzene rings is 2. The maximum Gasteiger partial charge on any atom is 0.435 e. The van der Waals surface area contributed by atoms with Gasteiger partial charge in [0.25, 0.3) is 5.60 Å². The minimum absolute atomic E-state index is 0.0847. The van der Waals surface area contributed by atoms with Crippen LogP contribution in [0.15, 0.2) is 58.3 Å². The van der Waals surface area contributed by atoms with Gasteiger partial charge in [-0.2, -0.15) is 13.2 Å². The Labute approximate surface area is 176 Å². The van der Waals surface area contributed by atoms with E-state index >= 15 is 0 Å². The molecule has 3 aromatic rings. The summed E-state index contributed by atoms with van der Waals surface area (Å²) in [6.45, 7) is 0. The molecule has 4 rings (SSSR count). The van der Waals surface area contributed by atoms with Gasteiger partial charge in [-0.3, -0.25) is 4.98 Å². The second-order valence-corrected chi connectivity index (χ2v) is 8.01. The van der Waals surface area contributed by atoms with Gasteiger partial charge in [0.15, 0.2) is 0 Å². The molecule has 9 heteroatoms. The summed E-state index contributed by atoms with van der Waals surface area (Å²) in [7, 11) is 0. The number of aromatic nitrogens is 1. The highest BCUT2D eigenvalue weighted by Crippen LogP contribution is 2.50. The van der Waals surface area contributed by atoms with Gasteiger partial charge in [-0.15, -0.1) is 0 Å². The van der Waals surface area contributed by atoms with Gasteiger partial charge >= 0.3 is 6.18 Å². The highest BCUT2D eigenvalue weighted by Gasteiger charge is 2.62. The van der Waals surface area contributed by atoms with Crippen molar-refractivity contribution in [2.45, 2.75) is 18.2 Å². The van der Waals surface area contributed by atoms with Gasteiger partial charge in [0.1, 0.15) is 0 Å². The third-order valence-corrected chi connectivity index (χ3v) is 5.62. The van der Waals surface area contributed by atoms with Crippen LogP contribution in [0.1, 0.15) is 17.5 Å². The van der Waals surface area contributed by atoms with E-state index in [-0.39, 0.29) is 21.3 Å². The summed E-state index contributed by atoms with van der Waals surface area (Å²) in [5.74, 6) is 0. The van der Waals surface area contributed by atoms with E-state index in [2.05, 4.69) is 26.1 Å². The largest absolute Gasteiger partial charge is 0.435 e. The molecule has 144 valence electrons. The van der Waals surface area contributed by atoms with Crippen molar-refractivity contribution in [3.8, 4) is 0 Å². The second kappa shape index (κ2) is 6.90. The molecule has 2 aromatic carbocycles. The lowest BCUT2D eigenvalue weighted by Gasteiger charge is -2.29. The average Bonchev–Trinajstić information content (AvgIpc) is 3.08. The summed E-state index contributed by atoms with van der Waals surface area (Å²) >= 11 is 15.3. The average molecular weight is 490 g/mol. The third-order valence-electron chi connectivity index (χ3n) is 4.55. The third kappa shape index (κ3) is 3.15. The number of alkyl halides is 3. The van der Waals surface area contributed by atoms with Crippen LogP contribution in [0, 0.1) is 0 Å². The normalized spacial score (nSPS) is 19.6. The summed E-state index contributed by atoms with van der Waals surface area (Å²) in [6.07, 6.45) is -3.65. The Morgan fingerprint density at radius 2 is 1.79 bits per heavy atom. The summed E-state index contributed by atoms with van der Waals surface area (Å²) < 4.78 is 43.1. The molecule has 0 N–H and O–H groups in total. The predicted molar refractivity (Wildman–Crippen MR) is 106 cm³/mol. The second-order valence-electron chi connectivity index (χ2n) is 6.28. The molecule has 1 aromatic heterocycles. The standard InChI is InChI=1S/C19H10BrCl2F3N2O/c20-15-4-3-13(14-2-1-5-26-17(14)15)16-9-18(28-27-16,19(23,24)25)10-6-11(21)8-12(22)7-10/h1-8H,9H2. The fourth-order valence-electron chi connectivity index (χ4n) is 3.22. The van der Waals surface area contributed by atoms with Crippen molar-refractivity contribution in [2.75, 3.05) is 0 Å². The Morgan fingerprint density at radius 3 is 2.46 bits per heavy atom. The van der Waals surface area contributed by atoms with E-state index < -0.39 is 18.2 Å². The molecule has 28 heavy (non-hydrogen) atoms. The molecule has 2 heterocycles. The molecular weight excluding hydrogens is 480 g/mol. The van der Waals surface area contributed by atoms with E-state index in [1.807, 2.05) is 0 Å². The number of hydrogen-bond acceptors (Lipinski definition) is 3. The van der Waals surface area contributed by atoms with Crippen molar-refractivity contribution in [1.29, 1.82) is 0 Å². The van der Waals surface area contributed by atoms with Gasteiger partial charge in [-0.05, 0) is 46.3 Å². The van der Waals surface area contributed by atoms with E-state index in [4.69, 9.17) is 28.0 Å². The number of halogens is 6.